The minimum atomic E-state index is -0.319. The number of rotatable bonds is 6. The molecule has 0 radical (unpaired) electrons. The highest BCUT2D eigenvalue weighted by molar-refractivity contribution is 6.35. The summed E-state index contributed by atoms with van der Waals surface area (Å²) in [6, 6.07) is 6.95. The molecule has 1 unspecified atom stereocenters. The zero-order chi connectivity index (χ0) is 18.7. The number of hydrogen-bond acceptors (Lipinski definition) is 3. The highest BCUT2D eigenvalue weighted by Gasteiger charge is 2.18. The molecule has 2 heterocycles. The molecule has 3 aromatic rings. The summed E-state index contributed by atoms with van der Waals surface area (Å²) in [4.78, 5) is 8.30. The Hall–Kier alpha value is -1.30. The van der Waals surface area contributed by atoms with Crippen molar-refractivity contribution in [3.05, 3.63) is 80.0 Å². The lowest BCUT2D eigenvalue weighted by atomic mass is 10.1. The molecule has 0 spiro atoms. The molecular weight excluding hydrogens is 416 g/mol. The molecule has 0 fully saturated rings. The summed E-state index contributed by atoms with van der Waals surface area (Å²) >= 11 is 24.6. The smallest absolute Gasteiger partial charge is 0.130 e. The summed E-state index contributed by atoms with van der Waals surface area (Å²) in [7, 11) is 0. The van der Waals surface area contributed by atoms with Crippen LogP contribution in [0.25, 0.3) is 0 Å². The Morgan fingerprint density at radius 1 is 1.12 bits per heavy atom. The van der Waals surface area contributed by atoms with Crippen molar-refractivity contribution in [2.24, 2.45) is 0 Å². The molecule has 4 nitrogen and oxygen atoms in total. The lowest BCUT2D eigenvalue weighted by Crippen LogP contribution is -2.13. The van der Waals surface area contributed by atoms with Crippen LogP contribution in [0.2, 0.25) is 20.2 Å². The maximum Gasteiger partial charge on any atom is 0.130 e. The van der Waals surface area contributed by atoms with Crippen molar-refractivity contribution in [2.75, 3.05) is 0 Å². The van der Waals surface area contributed by atoms with Gasteiger partial charge < -0.3 is 9.30 Å². The molecule has 0 saturated carbocycles. The third kappa shape index (κ3) is 4.70. The Morgan fingerprint density at radius 2 is 1.92 bits per heavy atom. The second-order valence-corrected chi connectivity index (χ2v) is 7.35. The Bertz CT molecular complexity index is 876. The zero-order valence-corrected chi connectivity index (χ0v) is 16.8. The minimum Gasteiger partial charge on any atom is -0.367 e. The van der Waals surface area contributed by atoms with Gasteiger partial charge in [-0.3, -0.25) is 0 Å². The lowest BCUT2D eigenvalue weighted by molar-refractivity contribution is 0.0277. The van der Waals surface area contributed by atoms with E-state index in [2.05, 4.69) is 9.97 Å². The van der Waals surface area contributed by atoms with Gasteiger partial charge in [-0.2, -0.15) is 0 Å². The van der Waals surface area contributed by atoms with Crippen LogP contribution in [0.15, 0.2) is 43.0 Å². The van der Waals surface area contributed by atoms with Crippen LogP contribution in [0.4, 0.5) is 0 Å². The molecule has 0 aliphatic rings. The molecule has 1 aromatic carbocycles. The Kier molecular flexibility index (Phi) is 6.43. The fourth-order valence-electron chi connectivity index (χ4n) is 2.57. The monoisotopic (exact) mass is 429 g/mol. The standard InChI is InChI=1S/C18H15Cl4N3O/c1-11-14(16(21)7-18(22)24-11)9-26-17(8-25-5-4-23-10-25)13-3-2-12(19)6-15(13)20/h2-7,10,17H,8-9H2,1H3. The Labute approximate surface area is 171 Å². The van der Waals surface area contributed by atoms with E-state index in [0.29, 0.717) is 26.8 Å². The number of hydrogen-bond donors (Lipinski definition) is 0. The van der Waals surface area contributed by atoms with Gasteiger partial charge in [0.1, 0.15) is 11.3 Å². The topological polar surface area (TPSA) is 39.9 Å². The van der Waals surface area contributed by atoms with Crippen molar-refractivity contribution in [1.82, 2.24) is 14.5 Å². The van der Waals surface area contributed by atoms with E-state index < -0.39 is 0 Å². The van der Waals surface area contributed by atoms with Crippen LogP contribution in [-0.2, 0) is 17.9 Å². The van der Waals surface area contributed by atoms with Crippen LogP contribution >= 0.6 is 46.4 Å². The van der Waals surface area contributed by atoms with Gasteiger partial charge in [-0.25, -0.2) is 9.97 Å². The van der Waals surface area contributed by atoms with Crippen LogP contribution in [0.5, 0.6) is 0 Å². The Morgan fingerprint density at radius 3 is 2.58 bits per heavy atom. The first-order valence-electron chi connectivity index (χ1n) is 7.78. The maximum absolute atomic E-state index is 6.38. The molecule has 136 valence electrons. The second kappa shape index (κ2) is 8.59. The van der Waals surface area contributed by atoms with Crippen molar-refractivity contribution in [1.29, 1.82) is 0 Å². The van der Waals surface area contributed by atoms with Gasteiger partial charge >= 0.3 is 0 Å². The first-order valence-corrected chi connectivity index (χ1v) is 9.29. The second-order valence-electron chi connectivity index (χ2n) is 5.72. The Balaban J connectivity index is 1.86. The molecule has 0 N–H and O–H groups in total. The lowest BCUT2D eigenvalue weighted by Gasteiger charge is -2.21. The summed E-state index contributed by atoms with van der Waals surface area (Å²) in [6.45, 7) is 2.66. The summed E-state index contributed by atoms with van der Waals surface area (Å²) in [6.07, 6.45) is 4.98. The van der Waals surface area contributed by atoms with E-state index in [-0.39, 0.29) is 12.7 Å². The predicted octanol–water partition coefficient (Wildman–Crippen LogP) is 6.16. The molecule has 0 aliphatic heterocycles. The van der Waals surface area contributed by atoms with Crippen molar-refractivity contribution < 1.29 is 4.74 Å². The van der Waals surface area contributed by atoms with Crippen LogP contribution < -0.4 is 0 Å². The molecule has 0 bridgehead atoms. The number of pyridine rings is 1. The molecule has 3 rings (SSSR count). The van der Waals surface area contributed by atoms with Crippen molar-refractivity contribution >= 4 is 46.4 Å². The van der Waals surface area contributed by atoms with E-state index in [1.807, 2.05) is 23.8 Å². The number of nitrogens with zero attached hydrogens (tertiary/aromatic N) is 3. The fraction of sp³-hybridized carbons (Fsp3) is 0.222. The summed E-state index contributed by atoms with van der Waals surface area (Å²) < 4.78 is 8.09. The van der Waals surface area contributed by atoms with Crippen LogP contribution in [0.1, 0.15) is 22.9 Å². The number of ether oxygens (including phenoxy) is 1. The third-order valence-electron chi connectivity index (χ3n) is 3.92. The molecule has 26 heavy (non-hydrogen) atoms. The minimum absolute atomic E-state index is 0.271. The van der Waals surface area contributed by atoms with E-state index in [1.165, 1.54) is 0 Å². The van der Waals surface area contributed by atoms with Gasteiger partial charge in [-0.05, 0) is 25.1 Å². The highest BCUT2D eigenvalue weighted by Crippen LogP contribution is 2.32. The molecule has 0 aliphatic carbocycles. The summed E-state index contributed by atoms with van der Waals surface area (Å²) in [5.41, 5.74) is 2.35. The fourth-order valence-corrected chi connectivity index (χ4v) is 3.69. The van der Waals surface area contributed by atoms with Gasteiger partial charge in [0, 0.05) is 39.3 Å². The highest BCUT2D eigenvalue weighted by atomic mass is 35.5. The summed E-state index contributed by atoms with van der Waals surface area (Å²) in [5.74, 6) is 0. The molecule has 0 saturated heterocycles. The molecule has 8 heteroatoms. The predicted molar refractivity (Wildman–Crippen MR) is 105 cm³/mol. The number of imidazole rings is 1. The molecule has 0 amide bonds. The average molecular weight is 431 g/mol. The quantitative estimate of drug-likeness (QED) is 0.439. The van der Waals surface area contributed by atoms with Crippen molar-refractivity contribution in [3.8, 4) is 0 Å². The van der Waals surface area contributed by atoms with Gasteiger partial charge in [0.25, 0.3) is 0 Å². The molecule has 1 atom stereocenters. The van der Waals surface area contributed by atoms with Crippen LogP contribution in [0.3, 0.4) is 0 Å². The summed E-state index contributed by atoms with van der Waals surface area (Å²) in [5, 5.41) is 1.98. The van der Waals surface area contributed by atoms with Gasteiger partial charge in [-0.1, -0.05) is 52.5 Å². The SMILES string of the molecule is Cc1nc(Cl)cc(Cl)c1COC(Cn1ccnc1)c1ccc(Cl)cc1Cl. The van der Waals surface area contributed by atoms with E-state index in [4.69, 9.17) is 51.1 Å². The normalized spacial score (nSPS) is 12.3. The molecule has 2 aromatic heterocycles. The first kappa shape index (κ1) is 19.5. The maximum atomic E-state index is 6.38. The van der Waals surface area contributed by atoms with E-state index in [1.54, 1.807) is 30.7 Å². The van der Waals surface area contributed by atoms with Crippen molar-refractivity contribution in [2.45, 2.75) is 26.2 Å². The van der Waals surface area contributed by atoms with Gasteiger partial charge in [0.2, 0.25) is 0 Å². The van der Waals surface area contributed by atoms with Gasteiger partial charge in [-0.15, -0.1) is 0 Å². The number of aromatic nitrogens is 3. The van der Waals surface area contributed by atoms with E-state index in [9.17, 15) is 0 Å². The van der Waals surface area contributed by atoms with E-state index in [0.717, 1.165) is 16.8 Å². The zero-order valence-electron chi connectivity index (χ0n) is 13.8. The first-order chi connectivity index (χ1) is 12.4. The molecular formula is C18H15Cl4N3O. The van der Waals surface area contributed by atoms with Crippen molar-refractivity contribution in [3.63, 3.8) is 0 Å². The average Bonchev–Trinajstić information content (AvgIpc) is 3.06. The van der Waals surface area contributed by atoms with Gasteiger partial charge in [0.15, 0.2) is 0 Å². The van der Waals surface area contributed by atoms with Crippen LogP contribution in [0, 0.1) is 6.92 Å². The van der Waals surface area contributed by atoms with Gasteiger partial charge in [0.05, 0.1) is 24.5 Å². The van der Waals surface area contributed by atoms with Crippen LogP contribution in [-0.4, -0.2) is 14.5 Å². The number of aryl methyl sites for hydroxylation is 1. The third-order valence-corrected chi connectivity index (χ3v) is 5.01. The number of halogens is 4. The van der Waals surface area contributed by atoms with E-state index >= 15 is 0 Å². The number of benzene rings is 1. The largest absolute Gasteiger partial charge is 0.367 e.